The van der Waals surface area contributed by atoms with Gasteiger partial charge >= 0.3 is 5.97 Å². The van der Waals surface area contributed by atoms with E-state index in [9.17, 15) is 4.79 Å². The zero-order chi connectivity index (χ0) is 10.9. The lowest BCUT2D eigenvalue weighted by atomic mass is 10.1. The number of esters is 1. The Morgan fingerprint density at radius 2 is 2.07 bits per heavy atom. The Labute approximate surface area is 90.6 Å². The molecule has 0 aromatic heterocycles. The maximum absolute atomic E-state index is 10.4. The van der Waals surface area contributed by atoms with Crippen LogP contribution in [-0.2, 0) is 16.0 Å². The number of carbonyl (C=O) groups excluding carboxylic acids is 1. The van der Waals surface area contributed by atoms with Gasteiger partial charge in [0.15, 0.2) is 0 Å². The number of ether oxygens (including phenoxy) is 1. The Bertz CT molecular complexity index is 315. The molecule has 0 aliphatic carbocycles. The van der Waals surface area contributed by atoms with Crippen molar-refractivity contribution in [2.45, 2.75) is 26.2 Å². The first-order chi connectivity index (χ1) is 7.29. The summed E-state index contributed by atoms with van der Waals surface area (Å²) < 4.78 is 4.67. The van der Waals surface area contributed by atoms with Gasteiger partial charge in [-0.15, -0.1) is 0 Å². The molecule has 0 heterocycles. The monoisotopic (exact) mass is 204 g/mol. The quantitative estimate of drug-likeness (QED) is 0.418. The smallest absolute Gasteiger partial charge is 0.307 e. The van der Waals surface area contributed by atoms with Crippen LogP contribution in [0.4, 0.5) is 0 Å². The summed E-state index contributed by atoms with van der Waals surface area (Å²) in [7, 11) is 0. The highest BCUT2D eigenvalue weighted by Crippen LogP contribution is 2.04. The number of aryl methyl sites for hydroxylation is 1. The first kappa shape index (κ1) is 11.5. The van der Waals surface area contributed by atoms with Crippen LogP contribution in [0, 0.1) is 0 Å². The number of carbonyl (C=O) groups is 1. The van der Waals surface area contributed by atoms with Gasteiger partial charge in [0.25, 0.3) is 0 Å². The number of hydrogen-bond donors (Lipinski definition) is 0. The SMILES string of the molecule is CC(=O)O/C=C/CCCc1ccccc1. The molecule has 2 heteroatoms. The van der Waals surface area contributed by atoms with Crippen molar-refractivity contribution in [1.82, 2.24) is 0 Å². The summed E-state index contributed by atoms with van der Waals surface area (Å²) in [4.78, 5) is 10.4. The normalized spacial score (nSPS) is 10.5. The van der Waals surface area contributed by atoms with E-state index < -0.39 is 0 Å². The molecule has 0 bridgehead atoms. The Kier molecular flexibility index (Phi) is 5.23. The molecule has 80 valence electrons. The molecule has 0 aliphatic rings. The zero-order valence-electron chi connectivity index (χ0n) is 8.98. The van der Waals surface area contributed by atoms with Crippen LogP contribution >= 0.6 is 0 Å². The van der Waals surface area contributed by atoms with Crippen LogP contribution in [0.1, 0.15) is 25.3 Å². The molecule has 0 atom stereocenters. The van der Waals surface area contributed by atoms with Gasteiger partial charge in [-0.2, -0.15) is 0 Å². The van der Waals surface area contributed by atoms with Gasteiger partial charge in [-0.05, 0) is 30.9 Å². The summed E-state index contributed by atoms with van der Waals surface area (Å²) in [5.74, 6) is -0.269. The number of allylic oxidation sites excluding steroid dienone is 1. The molecule has 0 N–H and O–H groups in total. The van der Waals surface area contributed by atoms with Crippen molar-refractivity contribution < 1.29 is 9.53 Å². The highest BCUT2D eigenvalue weighted by atomic mass is 16.5. The molecule has 1 rings (SSSR count). The number of rotatable bonds is 5. The first-order valence-corrected chi connectivity index (χ1v) is 5.15. The van der Waals surface area contributed by atoms with E-state index in [1.54, 1.807) is 0 Å². The number of benzene rings is 1. The minimum atomic E-state index is -0.269. The van der Waals surface area contributed by atoms with Crippen molar-refractivity contribution in [3.63, 3.8) is 0 Å². The third-order valence-electron chi connectivity index (χ3n) is 2.01. The molecular weight excluding hydrogens is 188 g/mol. The second-order valence-electron chi connectivity index (χ2n) is 3.36. The van der Waals surface area contributed by atoms with Gasteiger partial charge in [-0.3, -0.25) is 4.79 Å². The lowest BCUT2D eigenvalue weighted by Gasteiger charge is -1.97. The van der Waals surface area contributed by atoms with Gasteiger partial charge in [0.05, 0.1) is 6.26 Å². The minimum absolute atomic E-state index is 0.269. The fourth-order valence-electron chi connectivity index (χ4n) is 1.28. The van der Waals surface area contributed by atoms with Gasteiger partial charge in [-0.1, -0.05) is 30.3 Å². The second kappa shape index (κ2) is 6.82. The molecule has 0 spiro atoms. The van der Waals surface area contributed by atoms with Gasteiger partial charge in [0.1, 0.15) is 0 Å². The number of unbranched alkanes of at least 4 members (excludes halogenated alkanes) is 1. The molecule has 0 radical (unpaired) electrons. The molecule has 0 saturated carbocycles. The van der Waals surface area contributed by atoms with Crippen molar-refractivity contribution in [1.29, 1.82) is 0 Å². The molecule has 1 aromatic rings. The van der Waals surface area contributed by atoms with Crippen LogP contribution in [0.5, 0.6) is 0 Å². The molecule has 1 aromatic carbocycles. The molecule has 0 amide bonds. The average Bonchev–Trinajstić information content (AvgIpc) is 2.24. The van der Waals surface area contributed by atoms with E-state index in [0.717, 1.165) is 19.3 Å². The Hall–Kier alpha value is -1.57. The summed E-state index contributed by atoms with van der Waals surface area (Å²) in [6.07, 6.45) is 6.41. The van der Waals surface area contributed by atoms with Crippen molar-refractivity contribution in [2.24, 2.45) is 0 Å². The maximum Gasteiger partial charge on any atom is 0.307 e. The van der Waals surface area contributed by atoms with E-state index in [-0.39, 0.29) is 5.97 Å². The summed E-state index contributed by atoms with van der Waals surface area (Å²) in [6.45, 7) is 1.40. The van der Waals surface area contributed by atoms with E-state index in [1.165, 1.54) is 18.7 Å². The number of hydrogen-bond acceptors (Lipinski definition) is 2. The largest absolute Gasteiger partial charge is 0.435 e. The van der Waals surface area contributed by atoms with E-state index in [2.05, 4.69) is 16.9 Å². The third kappa shape index (κ3) is 5.68. The van der Waals surface area contributed by atoms with Gasteiger partial charge < -0.3 is 4.74 Å². The van der Waals surface area contributed by atoms with Crippen LogP contribution in [0.25, 0.3) is 0 Å². The molecular formula is C13H16O2. The van der Waals surface area contributed by atoms with Crippen LogP contribution in [0.3, 0.4) is 0 Å². The lowest BCUT2D eigenvalue weighted by molar-refractivity contribution is -0.135. The molecule has 0 saturated heterocycles. The molecule has 2 nitrogen and oxygen atoms in total. The van der Waals surface area contributed by atoms with Crippen molar-refractivity contribution >= 4 is 5.97 Å². The van der Waals surface area contributed by atoms with E-state index in [0.29, 0.717) is 0 Å². The highest BCUT2D eigenvalue weighted by Gasteiger charge is 1.90. The summed E-state index contributed by atoms with van der Waals surface area (Å²) in [5.41, 5.74) is 1.35. The maximum atomic E-state index is 10.4. The van der Waals surface area contributed by atoms with Crippen LogP contribution in [0.2, 0.25) is 0 Å². The fraction of sp³-hybridized carbons (Fsp3) is 0.308. The van der Waals surface area contributed by atoms with E-state index in [4.69, 9.17) is 0 Å². The summed E-state index contributed by atoms with van der Waals surface area (Å²) >= 11 is 0. The van der Waals surface area contributed by atoms with Crippen LogP contribution in [-0.4, -0.2) is 5.97 Å². The summed E-state index contributed by atoms with van der Waals surface area (Å²) in [6, 6.07) is 10.4. The molecule has 0 unspecified atom stereocenters. The Balaban J connectivity index is 2.12. The Morgan fingerprint density at radius 1 is 1.33 bits per heavy atom. The average molecular weight is 204 g/mol. The van der Waals surface area contributed by atoms with Crippen LogP contribution in [0.15, 0.2) is 42.7 Å². The van der Waals surface area contributed by atoms with Crippen molar-refractivity contribution in [3.05, 3.63) is 48.2 Å². The van der Waals surface area contributed by atoms with Gasteiger partial charge in [0.2, 0.25) is 0 Å². The predicted molar refractivity (Wildman–Crippen MR) is 60.3 cm³/mol. The Morgan fingerprint density at radius 3 is 2.73 bits per heavy atom. The van der Waals surface area contributed by atoms with Gasteiger partial charge in [-0.25, -0.2) is 0 Å². The molecule has 0 aliphatic heterocycles. The first-order valence-electron chi connectivity index (χ1n) is 5.15. The second-order valence-corrected chi connectivity index (χ2v) is 3.36. The third-order valence-corrected chi connectivity index (χ3v) is 2.01. The molecule has 0 fully saturated rings. The minimum Gasteiger partial charge on any atom is -0.435 e. The highest BCUT2D eigenvalue weighted by molar-refractivity contribution is 5.66. The van der Waals surface area contributed by atoms with E-state index in [1.807, 2.05) is 24.3 Å². The zero-order valence-corrected chi connectivity index (χ0v) is 8.98. The van der Waals surface area contributed by atoms with Crippen LogP contribution < -0.4 is 0 Å². The van der Waals surface area contributed by atoms with E-state index >= 15 is 0 Å². The van der Waals surface area contributed by atoms with Crippen molar-refractivity contribution in [3.8, 4) is 0 Å². The predicted octanol–water partition coefficient (Wildman–Crippen LogP) is 3.09. The standard InChI is InChI=1S/C13H16O2/c1-12(14)15-11-7-3-6-10-13-8-4-2-5-9-13/h2,4-5,7-9,11H,3,6,10H2,1H3/b11-7+. The fourth-order valence-corrected chi connectivity index (χ4v) is 1.28. The summed E-state index contributed by atoms with van der Waals surface area (Å²) in [5, 5.41) is 0. The molecule has 15 heavy (non-hydrogen) atoms. The lowest BCUT2D eigenvalue weighted by Crippen LogP contribution is -1.89. The topological polar surface area (TPSA) is 26.3 Å². The van der Waals surface area contributed by atoms with Crippen molar-refractivity contribution in [2.75, 3.05) is 0 Å². The van der Waals surface area contributed by atoms with Gasteiger partial charge in [0, 0.05) is 6.92 Å².